The number of halogens is 3. The Kier molecular flexibility index (Phi) is 5.14. The van der Waals surface area contributed by atoms with Crippen molar-refractivity contribution in [1.82, 2.24) is 4.90 Å². The standard InChI is InChI=1S/C13H11F3N4O/c1-19-11-9(3-2-4-10(11)13(14,15)16)12(21)20(7-5-17)8-6-18/h2-4,19H,7-8H2,1H3. The molecule has 0 fully saturated rings. The molecule has 110 valence electrons. The van der Waals surface area contributed by atoms with E-state index in [-0.39, 0.29) is 24.3 Å². The number of alkyl halides is 3. The molecule has 0 bridgehead atoms. The zero-order valence-corrected chi connectivity index (χ0v) is 11.0. The van der Waals surface area contributed by atoms with E-state index in [9.17, 15) is 18.0 Å². The lowest BCUT2D eigenvalue weighted by molar-refractivity contribution is -0.136. The first kappa shape index (κ1) is 16.3. The summed E-state index contributed by atoms with van der Waals surface area (Å²) in [6, 6.07) is 6.56. The monoisotopic (exact) mass is 296 g/mol. The van der Waals surface area contributed by atoms with Gasteiger partial charge in [-0.25, -0.2) is 0 Å². The zero-order valence-electron chi connectivity index (χ0n) is 11.0. The average molecular weight is 296 g/mol. The van der Waals surface area contributed by atoms with Crippen LogP contribution in [0.1, 0.15) is 15.9 Å². The van der Waals surface area contributed by atoms with Crippen LogP contribution in [0, 0.1) is 22.7 Å². The van der Waals surface area contributed by atoms with E-state index in [1.165, 1.54) is 13.1 Å². The summed E-state index contributed by atoms with van der Waals surface area (Å²) in [6.45, 7) is -0.766. The molecule has 8 heteroatoms. The van der Waals surface area contributed by atoms with Crippen molar-refractivity contribution in [2.45, 2.75) is 6.18 Å². The minimum Gasteiger partial charge on any atom is -0.387 e. The normalized spacial score (nSPS) is 10.4. The smallest absolute Gasteiger partial charge is 0.387 e. The van der Waals surface area contributed by atoms with E-state index in [0.717, 1.165) is 17.0 Å². The third kappa shape index (κ3) is 3.63. The van der Waals surface area contributed by atoms with E-state index in [4.69, 9.17) is 10.5 Å². The van der Waals surface area contributed by atoms with Crippen LogP contribution >= 0.6 is 0 Å². The summed E-state index contributed by atoms with van der Waals surface area (Å²) in [5.41, 5.74) is -1.60. The van der Waals surface area contributed by atoms with Crippen LogP contribution in [-0.4, -0.2) is 30.9 Å². The Morgan fingerprint density at radius 2 is 1.86 bits per heavy atom. The second kappa shape index (κ2) is 6.62. The molecule has 0 aliphatic carbocycles. The van der Waals surface area contributed by atoms with Crippen molar-refractivity contribution in [2.75, 3.05) is 25.5 Å². The van der Waals surface area contributed by atoms with Crippen molar-refractivity contribution in [2.24, 2.45) is 0 Å². The molecule has 0 heterocycles. The predicted molar refractivity (Wildman–Crippen MR) is 68.1 cm³/mol. The highest BCUT2D eigenvalue weighted by molar-refractivity contribution is 6.00. The number of nitrogens with one attached hydrogen (secondary N) is 1. The molecule has 0 saturated heterocycles. The molecule has 1 rings (SSSR count). The first-order valence-electron chi connectivity index (χ1n) is 5.78. The summed E-state index contributed by atoms with van der Waals surface area (Å²) in [4.78, 5) is 13.1. The number of rotatable bonds is 4. The first-order chi connectivity index (χ1) is 9.86. The molecule has 0 saturated carbocycles. The molecule has 1 aromatic rings. The number of nitriles is 2. The topological polar surface area (TPSA) is 79.9 Å². The highest BCUT2D eigenvalue weighted by Gasteiger charge is 2.35. The Bertz CT molecular complexity index is 597. The van der Waals surface area contributed by atoms with Crippen LogP contribution < -0.4 is 5.32 Å². The van der Waals surface area contributed by atoms with Crippen LogP contribution in [0.15, 0.2) is 18.2 Å². The Morgan fingerprint density at radius 1 is 1.29 bits per heavy atom. The summed E-state index contributed by atoms with van der Waals surface area (Å²) in [6.07, 6.45) is -4.62. The van der Waals surface area contributed by atoms with Gasteiger partial charge in [-0.15, -0.1) is 0 Å². The van der Waals surface area contributed by atoms with E-state index in [1.807, 2.05) is 0 Å². The average Bonchev–Trinajstić information content (AvgIpc) is 2.44. The lowest BCUT2D eigenvalue weighted by atomic mass is 10.1. The number of carbonyl (C=O) groups is 1. The number of hydrogen-bond acceptors (Lipinski definition) is 4. The number of amides is 1. The van der Waals surface area contributed by atoms with E-state index in [2.05, 4.69) is 5.32 Å². The largest absolute Gasteiger partial charge is 0.418 e. The predicted octanol–water partition coefficient (Wildman–Crippen LogP) is 2.24. The number of carbonyl (C=O) groups excluding carboxylic acids is 1. The van der Waals surface area contributed by atoms with E-state index in [0.29, 0.717) is 0 Å². The van der Waals surface area contributed by atoms with Gasteiger partial charge in [0.05, 0.1) is 29.0 Å². The third-order valence-corrected chi connectivity index (χ3v) is 2.66. The van der Waals surface area contributed by atoms with Gasteiger partial charge in [0.25, 0.3) is 5.91 Å². The highest BCUT2D eigenvalue weighted by Crippen LogP contribution is 2.36. The van der Waals surface area contributed by atoms with Gasteiger partial charge in [-0.1, -0.05) is 6.07 Å². The second-order valence-corrected chi connectivity index (χ2v) is 3.95. The van der Waals surface area contributed by atoms with Crippen molar-refractivity contribution < 1.29 is 18.0 Å². The lowest BCUT2D eigenvalue weighted by Crippen LogP contribution is -2.32. The fourth-order valence-electron chi connectivity index (χ4n) is 1.78. The van der Waals surface area contributed by atoms with Crippen molar-refractivity contribution in [3.05, 3.63) is 29.3 Å². The number of benzene rings is 1. The van der Waals surface area contributed by atoms with Crippen LogP contribution in [0.5, 0.6) is 0 Å². The zero-order chi connectivity index (χ0) is 16.0. The molecule has 21 heavy (non-hydrogen) atoms. The fourth-order valence-corrected chi connectivity index (χ4v) is 1.78. The van der Waals surface area contributed by atoms with Crippen LogP contribution in [0.3, 0.4) is 0 Å². The van der Waals surface area contributed by atoms with E-state index in [1.54, 1.807) is 12.1 Å². The van der Waals surface area contributed by atoms with Gasteiger partial charge in [0.15, 0.2) is 0 Å². The van der Waals surface area contributed by atoms with Gasteiger partial charge < -0.3 is 10.2 Å². The van der Waals surface area contributed by atoms with Crippen molar-refractivity contribution >= 4 is 11.6 Å². The molecule has 0 atom stereocenters. The maximum absolute atomic E-state index is 12.9. The molecular formula is C13H11F3N4O. The molecule has 1 N–H and O–H groups in total. The summed E-state index contributed by atoms with van der Waals surface area (Å²) in [7, 11) is 1.26. The van der Waals surface area contributed by atoms with Crippen LogP contribution in [0.25, 0.3) is 0 Å². The third-order valence-electron chi connectivity index (χ3n) is 2.66. The van der Waals surface area contributed by atoms with Crippen LogP contribution in [0.2, 0.25) is 0 Å². The maximum Gasteiger partial charge on any atom is 0.418 e. The number of nitrogens with zero attached hydrogens (tertiary/aromatic N) is 3. The molecule has 1 amide bonds. The van der Waals surface area contributed by atoms with Crippen molar-refractivity contribution in [3.8, 4) is 12.1 Å². The Morgan fingerprint density at radius 3 is 2.29 bits per heavy atom. The maximum atomic E-state index is 12.9. The van der Waals surface area contributed by atoms with Crippen LogP contribution in [0.4, 0.5) is 18.9 Å². The van der Waals surface area contributed by atoms with Gasteiger partial charge in [-0.2, -0.15) is 23.7 Å². The molecule has 0 unspecified atom stereocenters. The summed E-state index contributed by atoms with van der Waals surface area (Å²) >= 11 is 0. The van der Waals surface area contributed by atoms with Gasteiger partial charge in [0, 0.05) is 7.05 Å². The van der Waals surface area contributed by atoms with Crippen molar-refractivity contribution in [1.29, 1.82) is 10.5 Å². The van der Waals surface area contributed by atoms with Crippen molar-refractivity contribution in [3.63, 3.8) is 0 Å². The van der Waals surface area contributed by atoms with Gasteiger partial charge in [0.1, 0.15) is 13.1 Å². The van der Waals surface area contributed by atoms with Gasteiger partial charge >= 0.3 is 6.18 Å². The summed E-state index contributed by atoms with van der Waals surface area (Å²) in [5, 5.41) is 19.6. The molecular weight excluding hydrogens is 285 g/mol. The van der Waals surface area contributed by atoms with Gasteiger partial charge in [-0.05, 0) is 12.1 Å². The van der Waals surface area contributed by atoms with Gasteiger partial charge in [-0.3, -0.25) is 4.79 Å². The second-order valence-electron chi connectivity index (χ2n) is 3.95. The Balaban J connectivity index is 3.34. The van der Waals surface area contributed by atoms with E-state index < -0.39 is 17.6 Å². The molecule has 0 radical (unpaired) electrons. The molecule has 5 nitrogen and oxygen atoms in total. The Hall–Kier alpha value is -2.74. The number of para-hydroxylation sites is 1. The SMILES string of the molecule is CNc1c(C(=O)N(CC#N)CC#N)cccc1C(F)(F)F. The summed E-state index contributed by atoms with van der Waals surface area (Å²) in [5.74, 6) is -0.812. The molecule has 0 aliphatic rings. The molecule has 0 aliphatic heterocycles. The Labute approximate surface area is 119 Å². The molecule has 0 spiro atoms. The van der Waals surface area contributed by atoms with Gasteiger partial charge in [0.2, 0.25) is 0 Å². The lowest BCUT2D eigenvalue weighted by Gasteiger charge is -2.20. The summed E-state index contributed by atoms with van der Waals surface area (Å²) < 4.78 is 38.7. The quantitative estimate of drug-likeness (QED) is 0.864. The molecule has 0 aromatic heterocycles. The van der Waals surface area contributed by atoms with Crippen LogP contribution in [-0.2, 0) is 6.18 Å². The molecule has 1 aromatic carbocycles. The minimum atomic E-state index is -4.62. The highest BCUT2D eigenvalue weighted by atomic mass is 19.4. The fraction of sp³-hybridized carbons (Fsp3) is 0.308. The minimum absolute atomic E-state index is 0.238. The number of hydrogen-bond donors (Lipinski definition) is 1. The number of anilines is 1. The first-order valence-corrected chi connectivity index (χ1v) is 5.78. The van der Waals surface area contributed by atoms with E-state index >= 15 is 0 Å².